The number of aromatic amines is 1. The number of aromatic nitrogens is 3. The quantitative estimate of drug-likeness (QED) is 0.560. The molecular weight excluding hydrogens is 314 g/mol. The minimum Gasteiger partial charge on any atom is -0.337 e. The van der Waals surface area contributed by atoms with Crippen molar-refractivity contribution in [2.75, 3.05) is 0 Å². The molecule has 4 heteroatoms. The van der Waals surface area contributed by atoms with Crippen molar-refractivity contribution in [1.82, 2.24) is 15.0 Å². The topological polar surface area (TPSA) is 41.6 Å². The summed E-state index contributed by atoms with van der Waals surface area (Å²) in [6.45, 7) is 0. The molecule has 96 valence electrons. The third-order valence-electron chi connectivity index (χ3n) is 3.31. The third kappa shape index (κ3) is 1.72. The number of nitrogens with one attached hydrogen (secondary N) is 1. The second-order valence-corrected chi connectivity index (χ2v) is 5.38. The van der Waals surface area contributed by atoms with Crippen molar-refractivity contribution in [3.63, 3.8) is 0 Å². The predicted molar refractivity (Wildman–Crippen MR) is 83.6 cm³/mol. The molecule has 0 spiro atoms. The van der Waals surface area contributed by atoms with Crippen molar-refractivity contribution in [2.45, 2.75) is 0 Å². The van der Waals surface area contributed by atoms with E-state index in [2.05, 4.69) is 36.9 Å². The highest BCUT2D eigenvalue weighted by Crippen LogP contribution is 2.37. The highest BCUT2D eigenvalue weighted by Gasteiger charge is 2.18. The number of benzene rings is 1. The van der Waals surface area contributed by atoms with Gasteiger partial charge in [0.25, 0.3) is 0 Å². The second kappa shape index (κ2) is 4.42. The smallest absolute Gasteiger partial charge is 0.158 e. The van der Waals surface area contributed by atoms with Crippen LogP contribution in [0, 0.1) is 0 Å². The van der Waals surface area contributed by atoms with Gasteiger partial charge in [0, 0.05) is 5.56 Å². The molecule has 1 aromatic heterocycles. The van der Waals surface area contributed by atoms with Crippen LogP contribution in [0.4, 0.5) is 0 Å². The number of hydrogen-bond donors (Lipinski definition) is 1. The van der Waals surface area contributed by atoms with E-state index < -0.39 is 0 Å². The Hall–Kier alpha value is -2.20. The molecule has 0 radical (unpaired) electrons. The molecule has 3 nitrogen and oxygen atoms in total. The van der Waals surface area contributed by atoms with Gasteiger partial charge >= 0.3 is 0 Å². The van der Waals surface area contributed by atoms with Gasteiger partial charge < -0.3 is 4.98 Å². The zero-order valence-electron chi connectivity index (χ0n) is 10.5. The van der Waals surface area contributed by atoms with E-state index in [4.69, 9.17) is 0 Å². The van der Waals surface area contributed by atoms with Crippen molar-refractivity contribution in [3.05, 3.63) is 59.1 Å². The normalized spacial score (nSPS) is 11.2. The molecule has 0 saturated carbocycles. The van der Waals surface area contributed by atoms with E-state index in [9.17, 15) is 0 Å². The molecule has 4 rings (SSSR count). The molecule has 0 atom stereocenters. The van der Waals surface area contributed by atoms with Gasteiger partial charge in [-0.2, -0.15) is 0 Å². The third-order valence-corrected chi connectivity index (χ3v) is 4.11. The molecule has 0 amide bonds. The average molecular weight is 324 g/mol. The monoisotopic (exact) mass is 323 g/mol. The largest absolute Gasteiger partial charge is 0.337 e. The molecular formula is C16H10BrN3. The first-order valence-corrected chi connectivity index (χ1v) is 7.11. The summed E-state index contributed by atoms with van der Waals surface area (Å²) in [5, 5.41) is 0. The lowest BCUT2D eigenvalue weighted by Gasteiger charge is -1.91. The van der Waals surface area contributed by atoms with E-state index in [1.807, 2.05) is 48.5 Å². The molecule has 20 heavy (non-hydrogen) atoms. The first kappa shape index (κ1) is 11.6. The summed E-state index contributed by atoms with van der Waals surface area (Å²) in [5.41, 5.74) is 4.87. The van der Waals surface area contributed by atoms with Gasteiger partial charge in [0.1, 0.15) is 5.69 Å². The molecule has 2 aliphatic rings. The molecule has 0 fully saturated rings. The number of H-pyrrole nitrogens is 1. The van der Waals surface area contributed by atoms with Crippen molar-refractivity contribution in [1.29, 1.82) is 0 Å². The number of nitrogens with zero attached hydrogens (tertiary/aromatic N) is 2. The summed E-state index contributed by atoms with van der Waals surface area (Å²) >= 11 is 3.64. The molecule has 2 aromatic rings. The number of fused-ring (bicyclic) bond motifs is 2. The van der Waals surface area contributed by atoms with E-state index in [0.717, 1.165) is 38.3 Å². The minimum atomic E-state index is 0.789. The van der Waals surface area contributed by atoms with Crippen molar-refractivity contribution in [2.24, 2.45) is 0 Å². The predicted octanol–water partition coefficient (Wildman–Crippen LogP) is 4.49. The summed E-state index contributed by atoms with van der Waals surface area (Å²) in [7, 11) is 0. The standard InChI is InChI=1S/C16H10BrN3/c17-14-10-6-2-1-3-7-11(10)18-15(14)16-19-12-8-4-5-9-13(12)20-16/h1-9H,(H,19,20). The summed E-state index contributed by atoms with van der Waals surface area (Å²) in [6, 6.07) is 18.0. The van der Waals surface area contributed by atoms with E-state index in [-0.39, 0.29) is 0 Å². The van der Waals surface area contributed by atoms with Gasteiger partial charge in [-0.1, -0.05) is 36.4 Å². The van der Waals surface area contributed by atoms with Crippen LogP contribution in [0.2, 0.25) is 0 Å². The fourth-order valence-corrected chi connectivity index (χ4v) is 2.95. The van der Waals surface area contributed by atoms with E-state index in [1.54, 1.807) is 0 Å². The van der Waals surface area contributed by atoms with Gasteiger partial charge in [-0.15, -0.1) is 0 Å². The highest BCUT2D eigenvalue weighted by atomic mass is 79.9. The van der Waals surface area contributed by atoms with E-state index in [1.165, 1.54) is 0 Å². The van der Waals surface area contributed by atoms with Crippen molar-refractivity contribution < 1.29 is 0 Å². The van der Waals surface area contributed by atoms with Crippen LogP contribution < -0.4 is 0 Å². The lowest BCUT2D eigenvalue weighted by atomic mass is 10.2. The van der Waals surface area contributed by atoms with Crippen LogP contribution in [0.25, 0.3) is 33.8 Å². The van der Waals surface area contributed by atoms with Gasteiger partial charge in [0.15, 0.2) is 5.82 Å². The Balaban J connectivity index is 1.98. The van der Waals surface area contributed by atoms with E-state index >= 15 is 0 Å². The summed E-state index contributed by atoms with van der Waals surface area (Å²) in [6.07, 6.45) is 0. The van der Waals surface area contributed by atoms with Crippen LogP contribution >= 0.6 is 15.9 Å². The maximum Gasteiger partial charge on any atom is 0.158 e. The molecule has 0 saturated heterocycles. The van der Waals surface area contributed by atoms with Crippen LogP contribution in [0.5, 0.6) is 0 Å². The Morgan fingerprint density at radius 2 is 1.65 bits per heavy atom. The average Bonchev–Trinajstić information content (AvgIpc) is 2.92. The molecule has 0 unspecified atom stereocenters. The Morgan fingerprint density at radius 1 is 0.850 bits per heavy atom. The summed E-state index contributed by atoms with van der Waals surface area (Å²) in [4.78, 5) is 12.6. The zero-order chi connectivity index (χ0) is 13.5. The number of halogens is 1. The molecule has 1 aromatic carbocycles. The Bertz CT molecular complexity index is 849. The molecule has 1 N–H and O–H groups in total. The Morgan fingerprint density at radius 3 is 2.55 bits per heavy atom. The van der Waals surface area contributed by atoms with Crippen LogP contribution in [0.15, 0.2) is 59.1 Å². The fraction of sp³-hybridized carbons (Fsp3) is 0. The van der Waals surface area contributed by atoms with Crippen molar-refractivity contribution in [3.8, 4) is 22.8 Å². The maximum absolute atomic E-state index is 4.68. The maximum atomic E-state index is 4.68. The minimum absolute atomic E-state index is 0.789. The summed E-state index contributed by atoms with van der Waals surface area (Å²) < 4.78 is 0.975. The highest BCUT2D eigenvalue weighted by molar-refractivity contribution is 9.10. The SMILES string of the molecule is Brc1c2cccccc-2nc1-c1nc2ccccc2[nH]1. The molecule has 2 heterocycles. The van der Waals surface area contributed by atoms with Crippen LogP contribution in [-0.2, 0) is 0 Å². The first-order valence-electron chi connectivity index (χ1n) is 6.32. The van der Waals surface area contributed by atoms with Crippen LogP contribution in [0.1, 0.15) is 0 Å². The lowest BCUT2D eigenvalue weighted by Crippen LogP contribution is -1.80. The molecule has 1 aliphatic carbocycles. The van der Waals surface area contributed by atoms with Gasteiger partial charge in [-0.05, 0) is 34.1 Å². The second-order valence-electron chi connectivity index (χ2n) is 4.59. The van der Waals surface area contributed by atoms with Crippen LogP contribution in [-0.4, -0.2) is 15.0 Å². The lowest BCUT2D eigenvalue weighted by molar-refractivity contribution is 1.27. The Labute approximate surface area is 124 Å². The van der Waals surface area contributed by atoms with Gasteiger partial charge in [0.05, 0.1) is 21.2 Å². The number of imidazole rings is 1. The number of para-hydroxylation sites is 2. The van der Waals surface area contributed by atoms with Gasteiger partial charge in [-0.25, -0.2) is 9.97 Å². The number of rotatable bonds is 1. The van der Waals surface area contributed by atoms with Gasteiger partial charge in [0.2, 0.25) is 0 Å². The zero-order valence-corrected chi connectivity index (χ0v) is 12.1. The van der Waals surface area contributed by atoms with Gasteiger partial charge in [-0.3, -0.25) is 0 Å². The summed E-state index contributed by atoms with van der Waals surface area (Å²) in [5.74, 6) is 0.789. The van der Waals surface area contributed by atoms with E-state index in [0.29, 0.717) is 0 Å². The Kier molecular flexibility index (Phi) is 2.57. The number of hydrogen-bond acceptors (Lipinski definition) is 2. The first-order chi connectivity index (χ1) is 9.83. The molecule has 0 bridgehead atoms. The van der Waals surface area contributed by atoms with Crippen LogP contribution in [0.3, 0.4) is 0 Å². The van der Waals surface area contributed by atoms with Crippen molar-refractivity contribution >= 4 is 27.0 Å². The fourth-order valence-electron chi connectivity index (χ4n) is 2.34. The molecule has 1 aliphatic heterocycles.